The molecule has 1 atom stereocenters. The van der Waals surface area contributed by atoms with Crippen molar-refractivity contribution in [2.75, 3.05) is 18.6 Å². The Hall–Kier alpha value is -0.220. The van der Waals surface area contributed by atoms with Gasteiger partial charge >= 0.3 is 0 Å². The number of rotatable bonds is 5. The van der Waals surface area contributed by atoms with Crippen LogP contribution >= 0.6 is 11.8 Å². The van der Waals surface area contributed by atoms with Crippen molar-refractivity contribution in [1.29, 1.82) is 0 Å². The first-order valence-electron chi connectivity index (χ1n) is 4.92. The summed E-state index contributed by atoms with van der Waals surface area (Å²) in [5.74, 6) is 1.03. The Morgan fingerprint density at radius 3 is 2.50 bits per heavy atom. The van der Waals surface area contributed by atoms with Crippen LogP contribution in [0.5, 0.6) is 0 Å². The van der Waals surface area contributed by atoms with E-state index in [9.17, 15) is 4.79 Å². The van der Waals surface area contributed by atoms with Gasteiger partial charge in [-0.05, 0) is 23.8 Å². The standard InChI is InChI=1S/C10H22N2OS/c1-10(2,3)8(11)9(13)12-6-5-7-14-4/h8H,5-7,11H2,1-4H3,(H,12,13). The highest BCUT2D eigenvalue weighted by Crippen LogP contribution is 2.16. The molecule has 0 saturated heterocycles. The minimum Gasteiger partial charge on any atom is -0.355 e. The normalized spacial score (nSPS) is 13.8. The molecule has 0 aromatic heterocycles. The smallest absolute Gasteiger partial charge is 0.237 e. The molecular formula is C10H22N2OS. The largest absolute Gasteiger partial charge is 0.355 e. The van der Waals surface area contributed by atoms with Crippen molar-refractivity contribution in [1.82, 2.24) is 5.32 Å². The molecule has 0 aliphatic rings. The summed E-state index contributed by atoms with van der Waals surface area (Å²) in [6.45, 7) is 6.64. The maximum absolute atomic E-state index is 11.5. The molecule has 1 unspecified atom stereocenters. The highest BCUT2D eigenvalue weighted by Gasteiger charge is 2.26. The van der Waals surface area contributed by atoms with Crippen molar-refractivity contribution in [3.05, 3.63) is 0 Å². The third-order valence-corrected chi connectivity index (χ3v) is 2.74. The Labute approximate surface area is 91.2 Å². The van der Waals surface area contributed by atoms with Gasteiger partial charge in [0.1, 0.15) is 0 Å². The number of hydrogen-bond acceptors (Lipinski definition) is 3. The molecule has 0 fully saturated rings. The van der Waals surface area contributed by atoms with Gasteiger partial charge in [-0.1, -0.05) is 20.8 Å². The number of amides is 1. The fourth-order valence-electron chi connectivity index (χ4n) is 0.931. The Kier molecular flexibility index (Phi) is 6.20. The lowest BCUT2D eigenvalue weighted by atomic mass is 9.87. The monoisotopic (exact) mass is 218 g/mol. The molecule has 0 heterocycles. The summed E-state index contributed by atoms with van der Waals surface area (Å²) in [6.07, 6.45) is 3.06. The first-order chi connectivity index (χ1) is 6.39. The minimum absolute atomic E-state index is 0.0430. The van der Waals surface area contributed by atoms with Crippen molar-refractivity contribution in [2.45, 2.75) is 33.2 Å². The van der Waals surface area contributed by atoms with Crippen LogP contribution in [-0.4, -0.2) is 30.5 Å². The summed E-state index contributed by atoms with van der Waals surface area (Å²) >= 11 is 1.78. The van der Waals surface area contributed by atoms with Gasteiger partial charge in [0, 0.05) is 6.54 Å². The van der Waals surface area contributed by atoms with Gasteiger partial charge in [-0.25, -0.2) is 0 Å². The van der Waals surface area contributed by atoms with Crippen LogP contribution in [0, 0.1) is 5.41 Å². The summed E-state index contributed by atoms with van der Waals surface area (Å²) in [7, 11) is 0. The molecule has 0 aliphatic carbocycles. The van der Waals surface area contributed by atoms with Crippen molar-refractivity contribution < 1.29 is 4.79 Å². The Morgan fingerprint density at radius 1 is 1.50 bits per heavy atom. The highest BCUT2D eigenvalue weighted by molar-refractivity contribution is 7.98. The zero-order valence-electron chi connectivity index (χ0n) is 9.59. The lowest BCUT2D eigenvalue weighted by Crippen LogP contribution is -2.48. The van der Waals surface area contributed by atoms with Crippen molar-refractivity contribution in [2.24, 2.45) is 11.1 Å². The molecule has 0 aliphatic heterocycles. The Morgan fingerprint density at radius 2 is 2.07 bits per heavy atom. The molecule has 0 radical (unpaired) electrons. The first kappa shape index (κ1) is 13.8. The van der Waals surface area contributed by atoms with Crippen LogP contribution in [0.4, 0.5) is 0 Å². The molecule has 0 aromatic rings. The summed E-state index contributed by atoms with van der Waals surface area (Å²) in [6, 6.07) is -0.420. The number of thioether (sulfide) groups is 1. The summed E-state index contributed by atoms with van der Waals surface area (Å²) in [4.78, 5) is 11.5. The number of nitrogens with two attached hydrogens (primary N) is 1. The second-order valence-corrected chi connectivity index (χ2v) is 5.47. The summed E-state index contributed by atoms with van der Waals surface area (Å²) in [5, 5.41) is 2.85. The SMILES string of the molecule is CSCCCNC(=O)C(N)C(C)(C)C. The fourth-order valence-corrected chi connectivity index (χ4v) is 1.36. The van der Waals surface area contributed by atoms with Crippen LogP contribution in [-0.2, 0) is 4.79 Å². The first-order valence-corrected chi connectivity index (χ1v) is 6.31. The number of nitrogens with one attached hydrogen (secondary N) is 1. The van der Waals surface area contributed by atoms with Gasteiger partial charge in [0.15, 0.2) is 0 Å². The zero-order valence-corrected chi connectivity index (χ0v) is 10.4. The topological polar surface area (TPSA) is 55.1 Å². The van der Waals surface area contributed by atoms with Gasteiger partial charge in [-0.3, -0.25) is 4.79 Å². The minimum atomic E-state index is -0.420. The van der Waals surface area contributed by atoms with Crippen LogP contribution in [0.1, 0.15) is 27.2 Å². The maximum atomic E-state index is 11.5. The number of hydrogen-bond donors (Lipinski definition) is 2. The molecule has 14 heavy (non-hydrogen) atoms. The quantitative estimate of drug-likeness (QED) is 0.682. The van der Waals surface area contributed by atoms with Gasteiger partial charge in [0.2, 0.25) is 5.91 Å². The highest BCUT2D eigenvalue weighted by atomic mass is 32.2. The molecule has 1 amide bonds. The maximum Gasteiger partial charge on any atom is 0.237 e. The molecular weight excluding hydrogens is 196 g/mol. The average Bonchev–Trinajstić information content (AvgIpc) is 2.09. The van der Waals surface area contributed by atoms with Gasteiger partial charge in [0.25, 0.3) is 0 Å². The lowest BCUT2D eigenvalue weighted by Gasteiger charge is -2.25. The molecule has 84 valence electrons. The predicted octanol–water partition coefficient (Wildman–Crippen LogP) is 1.23. The second-order valence-electron chi connectivity index (χ2n) is 4.48. The summed E-state index contributed by atoms with van der Waals surface area (Å²) < 4.78 is 0. The van der Waals surface area contributed by atoms with E-state index in [1.165, 1.54) is 0 Å². The van der Waals surface area contributed by atoms with E-state index in [1.54, 1.807) is 11.8 Å². The zero-order chi connectivity index (χ0) is 11.2. The molecule has 3 nitrogen and oxygen atoms in total. The molecule has 0 aromatic carbocycles. The van der Waals surface area contributed by atoms with Gasteiger partial charge in [-0.15, -0.1) is 0 Å². The molecule has 0 saturated carbocycles. The van der Waals surface area contributed by atoms with E-state index in [-0.39, 0.29) is 11.3 Å². The molecule has 0 spiro atoms. The van der Waals surface area contributed by atoms with Crippen molar-refractivity contribution >= 4 is 17.7 Å². The Balaban J connectivity index is 3.74. The van der Waals surface area contributed by atoms with E-state index in [1.807, 2.05) is 20.8 Å². The van der Waals surface area contributed by atoms with Crippen LogP contribution in [0.15, 0.2) is 0 Å². The second kappa shape index (κ2) is 6.30. The van der Waals surface area contributed by atoms with E-state index in [0.717, 1.165) is 18.7 Å². The third kappa shape index (κ3) is 5.50. The molecule has 0 rings (SSSR count). The van der Waals surface area contributed by atoms with E-state index in [2.05, 4.69) is 11.6 Å². The van der Waals surface area contributed by atoms with E-state index in [4.69, 9.17) is 5.73 Å². The lowest BCUT2D eigenvalue weighted by molar-refractivity contribution is -0.124. The van der Waals surface area contributed by atoms with Crippen LogP contribution < -0.4 is 11.1 Å². The van der Waals surface area contributed by atoms with Crippen molar-refractivity contribution in [3.8, 4) is 0 Å². The number of carbonyl (C=O) groups excluding carboxylic acids is 1. The fraction of sp³-hybridized carbons (Fsp3) is 0.900. The van der Waals surface area contributed by atoms with Gasteiger partial charge in [0.05, 0.1) is 6.04 Å². The molecule has 0 bridgehead atoms. The Bertz CT molecular complexity index is 177. The summed E-state index contributed by atoms with van der Waals surface area (Å²) in [5.41, 5.74) is 5.63. The van der Waals surface area contributed by atoms with E-state index < -0.39 is 6.04 Å². The number of carbonyl (C=O) groups is 1. The van der Waals surface area contributed by atoms with Gasteiger partial charge in [-0.2, -0.15) is 11.8 Å². The predicted molar refractivity (Wildman–Crippen MR) is 63.4 cm³/mol. The van der Waals surface area contributed by atoms with Crippen LogP contribution in [0.3, 0.4) is 0 Å². The third-order valence-electron chi connectivity index (χ3n) is 2.04. The van der Waals surface area contributed by atoms with Crippen LogP contribution in [0.25, 0.3) is 0 Å². The van der Waals surface area contributed by atoms with E-state index in [0.29, 0.717) is 0 Å². The van der Waals surface area contributed by atoms with Gasteiger partial charge < -0.3 is 11.1 Å². The van der Waals surface area contributed by atoms with Crippen molar-refractivity contribution in [3.63, 3.8) is 0 Å². The molecule has 4 heteroatoms. The van der Waals surface area contributed by atoms with E-state index >= 15 is 0 Å². The average molecular weight is 218 g/mol. The molecule has 3 N–H and O–H groups in total. The van der Waals surface area contributed by atoms with Crippen LogP contribution in [0.2, 0.25) is 0 Å².